The van der Waals surface area contributed by atoms with Crippen LogP contribution in [0.4, 0.5) is 0 Å². The lowest BCUT2D eigenvalue weighted by atomic mass is 9.81. The predicted octanol–water partition coefficient (Wildman–Crippen LogP) is 10.0. The van der Waals surface area contributed by atoms with E-state index in [1.54, 1.807) is 0 Å². The molecule has 0 atom stereocenters. The van der Waals surface area contributed by atoms with Crippen LogP contribution in [0, 0.1) is 0 Å². The Hall–Kier alpha value is -2.63. The summed E-state index contributed by atoms with van der Waals surface area (Å²) < 4.78 is 14.6. The van der Waals surface area contributed by atoms with Gasteiger partial charge in [0, 0.05) is 23.0 Å². The Morgan fingerprint density at radius 2 is 1.65 bits per heavy atom. The fourth-order valence-corrected chi connectivity index (χ4v) is 13.0. The summed E-state index contributed by atoms with van der Waals surface area (Å²) in [6.45, 7) is 19.5. The minimum atomic E-state index is -2.04. The first kappa shape index (κ1) is 30.3. The molecule has 1 aromatic heterocycles. The lowest BCUT2D eigenvalue weighted by Gasteiger charge is -2.42. The Kier molecular flexibility index (Phi) is 9.79. The number of allylic oxidation sites excluding steroid dienone is 1. The molecule has 0 bridgehead atoms. The summed E-state index contributed by atoms with van der Waals surface area (Å²) in [6.07, 6.45) is 8.18. The second-order valence-corrected chi connectivity index (χ2v) is 17.9. The number of ether oxygens (including phenoxy) is 1. The molecule has 3 aromatic rings. The number of rotatable bonds is 11. The third kappa shape index (κ3) is 5.60. The summed E-state index contributed by atoms with van der Waals surface area (Å²) >= 11 is 0. The number of benzene rings is 2. The van der Waals surface area contributed by atoms with Crippen LogP contribution < -0.4 is 0 Å². The van der Waals surface area contributed by atoms with Crippen molar-refractivity contribution in [2.75, 3.05) is 7.11 Å². The summed E-state index contributed by atoms with van der Waals surface area (Å²) in [5.41, 5.74) is 8.39. The summed E-state index contributed by atoms with van der Waals surface area (Å²) in [5.74, 6) is 0.186. The van der Waals surface area contributed by atoms with Crippen molar-refractivity contribution in [2.24, 2.45) is 0 Å². The van der Waals surface area contributed by atoms with E-state index in [9.17, 15) is 4.79 Å². The molecule has 0 unspecified atom stereocenters. The molecule has 0 radical (unpaired) electrons. The van der Waals surface area contributed by atoms with Crippen molar-refractivity contribution >= 4 is 25.2 Å². The van der Waals surface area contributed by atoms with E-state index in [0.717, 1.165) is 5.52 Å². The fraction of sp³-hybridized carbons (Fsp3) is 0.514. The van der Waals surface area contributed by atoms with E-state index >= 15 is 0 Å². The zero-order chi connectivity index (χ0) is 29.0. The highest BCUT2D eigenvalue weighted by Gasteiger charge is 2.45. The monoisotopic (exact) mass is 559 g/mol. The number of fused-ring (bicyclic) bond motifs is 1. The van der Waals surface area contributed by atoms with Crippen LogP contribution in [0.2, 0.25) is 16.6 Å². The van der Waals surface area contributed by atoms with Gasteiger partial charge in [0.15, 0.2) is 0 Å². The second-order valence-electron chi connectivity index (χ2n) is 12.5. The van der Waals surface area contributed by atoms with Crippen molar-refractivity contribution in [2.45, 2.75) is 109 Å². The van der Waals surface area contributed by atoms with Gasteiger partial charge in [-0.1, -0.05) is 97.2 Å². The van der Waals surface area contributed by atoms with Gasteiger partial charge in [-0.25, -0.2) is 4.79 Å². The lowest BCUT2D eigenvalue weighted by Crippen LogP contribution is -2.47. The molecule has 0 saturated heterocycles. The van der Waals surface area contributed by atoms with E-state index in [0.29, 0.717) is 41.3 Å². The Labute approximate surface area is 242 Å². The largest absolute Gasteiger partial charge is 0.465 e. The maximum atomic E-state index is 12.5. The van der Waals surface area contributed by atoms with Crippen LogP contribution in [0.25, 0.3) is 22.2 Å². The van der Waals surface area contributed by atoms with Crippen LogP contribution in [0.3, 0.4) is 0 Å². The Morgan fingerprint density at radius 3 is 2.25 bits per heavy atom. The highest BCUT2D eigenvalue weighted by molar-refractivity contribution is 6.77. The molecule has 4 nitrogen and oxygen atoms in total. The third-order valence-electron chi connectivity index (χ3n) is 9.31. The van der Waals surface area contributed by atoms with E-state index < -0.39 is 8.32 Å². The molecule has 40 heavy (non-hydrogen) atoms. The van der Waals surface area contributed by atoms with Crippen LogP contribution in [0.5, 0.6) is 0 Å². The van der Waals surface area contributed by atoms with E-state index in [1.165, 1.54) is 67.0 Å². The number of carbonyl (C=O) groups excluding carboxylic acids is 1. The SMILES string of the molecule is C=CCn1c(-c2ccccc2CO[Si](C(C)C)(C(C)C)C(C)C)c(C2CCCCC2)c2ccc(C(=O)OC)cc21. The van der Waals surface area contributed by atoms with Gasteiger partial charge in [-0.3, -0.25) is 0 Å². The number of nitrogens with zero attached hydrogens (tertiary/aromatic N) is 1. The van der Waals surface area contributed by atoms with Gasteiger partial charge in [0.25, 0.3) is 0 Å². The molecule has 0 aliphatic heterocycles. The van der Waals surface area contributed by atoms with Crippen LogP contribution in [0.1, 0.15) is 101 Å². The number of hydrogen-bond donors (Lipinski definition) is 0. The van der Waals surface area contributed by atoms with Crippen molar-refractivity contribution in [3.8, 4) is 11.3 Å². The molecule has 4 rings (SSSR count). The molecule has 0 amide bonds. The first-order chi connectivity index (χ1) is 19.2. The van der Waals surface area contributed by atoms with E-state index in [1.807, 2.05) is 18.2 Å². The Balaban J connectivity index is 1.94. The Morgan fingerprint density at radius 1 is 1.00 bits per heavy atom. The maximum Gasteiger partial charge on any atom is 0.337 e. The molecular formula is C35H49NO3Si. The molecule has 1 aliphatic rings. The van der Waals surface area contributed by atoms with Crippen LogP contribution in [-0.4, -0.2) is 26.0 Å². The van der Waals surface area contributed by atoms with Gasteiger partial charge in [-0.05, 0) is 58.6 Å². The molecular weight excluding hydrogens is 510 g/mol. The zero-order valence-corrected chi connectivity index (χ0v) is 26.8. The number of methoxy groups -OCH3 is 1. The highest BCUT2D eigenvalue weighted by Crippen LogP contribution is 2.46. The normalized spacial score (nSPS) is 14.9. The molecule has 0 spiro atoms. The molecule has 216 valence electrons. The van der Waals surface area contributed by atoms with Crippen molar-refractivity contribution in [1.29, 1.82) is 0 Å². The van der Waals surface area contributed by atoms with Gasteiger partial charge in [0.1, 0.15) is 0 Å². The topological polar surface area (TPSA) is 40.5 Å². The molecule has 1 fully saturated rings. The van der Waals surface area contributed by atoms with Crippen LogP contribution in [-0.2, 0) is 22.3 Å². The minimum Gasteiger partial charge on any atom is -0.465 e. The van der Waals surface area contributed by atoms with Crippen molar-refractivity contribution in [1.82, 2.24) is 4.57 Å². The summed E-state index contributed by atoms with van der Waals surface area (Å²) in [7, 11) is -0.596. The van der Waals surface area contributed by atoms with E-state index in [4.69, 9.17) is 9.16 Å². The quantitative estimate of drug-likeness (QED) is 0.133. The van der Waals surface area contributed by atoms with Gasteiger partial charge in [0.05, 0.1) is 25.0 Å². The Bertz CT molecular complexity index is 1310. The van der Waals surface area contributed by atoms with E-state index in [-0.39, 0.29) is 5.97 Å². The van der Waals surface area contributed by atoms with E-state index in [2.05, 4.69) is 83.0 Å². The summed E-state index contributed by atoms with van der Waals surface area (Å²) in [4.78, 5) is 12.5. The first-order valence-corrected chi connectivity index (χ1v) is 17.4. The van der Waals surface area contributed by atoms with Crippen LogP contribution >= 0.6 is 0 Å². The minimum absolute atomic E-state index is 0.305. The number of esters is 1. The maximum absolute atomic E-state index is 12.5. The number of carbonyl (C=O) groups is 1. The average molecular weight is 560 g/mol. The average Bonchev–Trinajstić information content (AvgIpc) is 3.26. The molecule has 1 saturated carbocycles. The fourth-order valence-electron chi connectivity index (χ4n) is 7.61. The molecule has 5 heteroatoms. The summed E-state index contributed by atoms with van der Waals surface area (Å²) in [5, 5.41) is 1.24. The van der Waals surface area contributed by atoms with Crippen molar-refractivity contribution in [3.63, 3.8) is 0 Å². The van der Waals surface area contributed by atoms with Gasteiger partial charge in [0.2, 0.25) is 8.32 Å². The smallest absolute Gasteiger partial charge is 0.337 e. The second kappa shape index (κ2) is 12.9. The lowest BCUT2D eigenvalue weighted by molar-refractivity contribution is 0.0601. The number of aromatic nitrogens is 1. The van der Waals surface area contributed by atoms with Gasteiger partial charge >= 0.3 is 5.97 Å². The van der Waals surface area contributed by atoms with Gasteiger partial charge in [-0.2, -0.15) is 0 Å². The summed E-state index contributed by atoms with van der Waals surface area (Å²) in [6, 6.07) is 14.9. The standard InChI is InChI=1S/C35H49NO3Si/c1-9-21-36-32-22-28(35(37)38-8)19-20-31(32)33(27-15-11-10-12-16-27)34(36)30-18-14-13-17-29(30)23-39-40(24(2)3,25(4)5)26(6)7/h9,13-14,17-20,22,24-27H,1,10-12,15-16,21,23H2,2-8H3. The first-order valence-electron chi connectivity index (χ1n) is 15.2. The van der Waals surface area contributed by atoms with Crippen molar-refractivity contribution < 1.29 is 14.0 Å². The third-order valence-corrected chi connectivity index (χ3v) is 15.4. The van der Waals surface area contributed by atoms with Gasteiger partial charge < -0.3 is 13.7 Å². The van der Waals surface area contributed by atoms with Crippen LogP contribution in [0.15, 0.2) is 55.1 Å². The predicted molar refractivity (Wildman–Crippen MR) is 171 cm³/mol. The zero-order valence-electron chi connectivity index (χ0n) is 25.8. The number of hydrogen-bond acceptors (Lipinski definition) is 3. The molecule has 1 heterocycles. The highest BCUT2D eigenvalue weighted by atomic mass is 28.4. The van der Waals surface area contributed by atoms with Gasteiger partial charge in [-0.15, -0.1) is 6.58 Å². The molecule has 1 aliphatic carbocycles. The molecule has 0 N–H and O–H groups in total. The molecule has 2 aromatic carbocycles. The van der Waals surface area contributed by atoms with Crippen molar-refractivity contribution in [3.05, 3.63) is 71.8 Å².